The summed E-state index contributed by atoms with van der Waals surface area (Å²) in [5.41, 5.74) is 6.40. The molecule has 0 saturated carbocycles. The van der Waals surface area contributed by atoms with Crippen molar-refractivity contribution in [3.63, 3.8) is 0 Å². The Labute approximate surface area is 133 Å². The number of fused-ring (bicyclic) bond motifs is 3. The smallest absolute Gasteiger partial charge is 0.194 e. The predicted octanol–water partition coefficient (Wildman–Crippen LogP) is 5.49. The molecule has 0 bridgehead atoms. The lowest BCUT2D eigenvalue weighted by Gasteiger charge is -2.20. The van der Waals surface area contributed by atoms with Crippen LogP contribution in [0.15, 0.2) is 36.4 Å². The summed E-state index contributed by atoms with van der Waals surface area (Å²) in [6.45, 7) is 13.1. The van der Waals surface area contributed by atoms with E-state index in [2.05, 4.69) is 77.9 Å². The summed E-state index contributed by atoms with van der Waals surface area (Å²) in [6.07, 6.45) is 0. The monoisotopic (exact) mass is 292 g/mol. The maximum Gasteiger partial charge on any atom is 0.194 e. The minimum Gasteiger partial charge on any atom is -0.289 e. The quantitative estimate of drug-likeness (QED) is 0.535. The Morgan fingerprint density at radius 1 is 0.591 bits per heavy atom. The molecule has 1 nitrogen and oxygen atoms in total. The maximum atomic E-state index is 12.8. The second kappa shape index (κ2) is 4.55. The van der Waals surface area contributed by atoms with Crippen molar-refractivity contribution in [3.05, 3.63) is 58.7 Å². The number of hydrogen-bond donors (Lipinski definition) is 0. The second-order valence-corrected chi connectivity index (χ2v) is 8.35. The van der Waals surface area contributed by atoms with Crippen LogP contribution >= 0.6 is 0 Å². The van der Waals surface area contributed by atoms with E-state index in [-0.39, 0.29) is 16.6 Å². The average Bonchev–Trinajstić information content (AvgIpc) is 2.70. The third-order valence-corrected chi connectivity index (χ3v) is 4.55. The van der Waals surface area contributed by atoms with E-state index < -0.39 is 0 Å². The standard InChI is InChI=1S/C21H24O/c1-20(2,3)13-7-9-15-16-10-8-14(21(4,5)6)12-18(16)19(22)17(15)11-13/h7-12H,1-6H3. The topological polar surface area (TPSA) is 17.1 Å². The van der Waals surface area contributed by atoms with Crippen LogP contribution in [0.3, 0.4) is 0 Å². The molecule has 0 N–H and O–H groups in total. The second-order valence-electron chi connectivity index (χ2n) is 8.35. The van der Waals surface area contributed by atoms with Gasteiger partial charge in [0.05, 0.1) is 0 Å². The van der Waals surface area contributed by atoms with Gasteiger partial charge in [0.25, 0.3) is 0 Å². The highest BCUT2D eigenvalue weighted by Crippen LogP contribution is 2.40. The number of carbonyl (C=O) groups excluding carboxylic acids is 1. The first-order valence-corrected chi connectivity index (χ1v) is 7.93. The summed E-state index contributed by atoms with van der Waals surface area (Å²) in [4.78, 5) is 12.8. The summed E-state index contributed by atoms with van der Waals surface area (Å²) >= 11 is 0. The third kappa shape index (κ3) is 2.29. The summed E-state index contributed by atoms with van der Waals surface area (Å²) < 4.78 is 0. The number of carbonyl (C=O) groups is 1. The van der Waals surface area contributed by atoms with Gasteiger partial charge in [-0.05, 0) is 45.2 Å². The van der Waals surface area contributed by atoms with E-state index >= 15 is 0 Å². The lowest BCUT2D eigenvalue weighted by molar-refractivity contribution is 0.104. The van der Waals surface area contributed by atoms with Crippen LogP contribution in [0.1, 0.15) is 68.6 Å². The van der Waals surface area contributed by atoms with E-state index in [0.29, 0.717) is 0 Å². The van der Waals surface area contributed by atoms with Crippen molar-refractivity contribution in [2.75, 3.05) is 0 Å². The molecule has 22 heavy (non-hydrogen) atoms. The van der Waals surface area contributed by atoms with Crippen molar-refractivity contribution in [1.82, 2.24) is 0 Å². The summed E-state index contributed by atoms with van der Waals surface area (Å²) in [5, 5.41) is 0. The molecule has 0 atom stereocenters. The Hall–Kier alpha value is -1.89. The number of ketones is 1. The zero-order valence-corrected chi connectivity index (χ0v) is 14.4. The van der Waals surface area contributed by atoms with Crippen LogP contribution in [0, 0.1) is 0 Å². The lowest BCUT2D eigenvalue weighted by atomic mass is 9.85. The number of hydrogen-bond acceptors (Lipinski definition) is 1. The Bertz CT molecular complexity index is 702. The van der Waals surface area contributed by atoms with Gasteiger partial charge >= 0.3 is 0 Å². The molecule has 0 fully saturated rings. The van der Waals surface area contributed by atoms with Crippen molar-refractivity contribution < 1.29 is 4.79 Å². The molecule has 2 aromatic rings. The third-order valence-electron chi connectivity index (χ3n) is 4.55. The molecule has 1 aliphatic rings. The fourth-order valence-electron chi connectivity index (χ4n) is 3.01. The van der Waals surface area contributed by atoms with Gasteiger partial charge in [0, 0.05) is 11.1 Å². The molecule has 114 valence electrons. The summed E-state index contributed by atoms with van der Waals surface area (Å²) in [6, 6.07) is 12.7. The molecule has 0 aromatic heterocycles. The van der Waals surface area contributed by atoms with Crippen LogP contribution in [0.25, 0.3) is 11.1 Å². The Kier molecular flexibility index (Phi) is 3.11. The van der Waals surface area contributed by atoms with Gasteiger partial charge in [-0.25, -0.2) is 0 Å². The highest BCUT2D eigenvalue weighted by molar-refractivity contribution is 6.21. The molecule has 0 unspecified atom stereocenters. The van der Waals surface area contributed by atoms with Gasteiger partial charge in [-0.1, -0.05) is 65.8 Å². The predicted molar refractivity (Wildman–Crippen MR) is 92.7 cm³/mol. The van der Waals surface area contributed by atoms with Crippen molar-refractivity contribution in [2.24, 2.45) is 0 Å². The van der Waals surface area contributed by atoms with Gasteiger partial charge < -0.3 is 0 Å². The minimum absolute atomic E-state index is 0.0562. The molecule has 0 radical (unpaired) electrons. The van der Waals surface area contributed by atoms with Crippen LogP contribution < -0.4 is 0 Å². The van der Waals surface area contributed by atoms with E-state index in [1.54, 1.807) is 0 Å². The number of benzene rings is 2. The first-order valence-electron chi connectivity index (χ1n) is 7.93. The van der Waals surface area contributed by atoms with Crippen LogP contribution in [-0.4, -0.2) is 5.78 Å². The van der Waals surface area contributed by atoms with Crippen molar-refractivity contribution in [3.8, 4) is 11.1 Å². The molecule has 0 heterocycles. The molecule has 0 aliphatic heterocycles. The van der Waals surface area contributed by atoms with Gasteiger partial charge in [0.1, 0.15) is 0 Å². The van der Waals surface area contributed by atoms with Gasteiger partial charge in [0.2, 0.25) is 0 Å². The Balaban J connectivity index is 2.16. The van der Waals surface area contributed by atoms with Crippen molar-refractivity contribution in [2.45, 2.75) is 52.4 Å². The first kappa shape index (κ1) is 15.0. The molecule has 0 spiro atoms. The molecular formula is C21H24O. The fraction of sp³-hybridized carbons (Fsp3) is 0.381. The van der Waals surface area contributed by atoms with E-state index in [9.17, 15) is 4.79 Å². The van der Waals surface area contributed by atoms with Gasteiger partial charge in [-0.3, -0.25) is 4.79 Å². The van der Waals surface area contributed by atoms with Crippen molar-refractivity contribution >= 4 is 5.78 Å². The molecule has 1 heteroatoms. The molecule has 1 aliphatic carbocycles. The SMILES string of the molecule is CC(C)(C)c1ccc2c(c1)C(=O)c1cc(C(C)(C)C)ccc1-2. The highest BCUT2D eigenvalue weighted by Gasteiger charge is 2.29. The van der Waals surface area contributed by atoms with Gasteiger partial charge in [-0.15, -0.1) is 0 Å². The molecule has 2 aromatic carbocycles. The minimum atomic E-state index is 0.0562. The van der Waals surface area contributed by atoms with E-state index in [1.165, 1.54) is 11.1 Å². The molecule has 0 saturated heterocycles. The lowest BCUT2D eigenvalue weighted by Crippen LogP contribution is -2.12. The van der Waals surface area contributed by atoms with Crippen LogP contribution in [-0.2, 0) is 10.8 Å². The van der Waals surface area contributed by atoms with E-state index in [4.69, 9.17) is 0 Å². The maximum absolute atomic E-state index is 12.8. The largest absolute Gasteiger partial charge is 0.289 e. The van der Waals surface area contributed by atoms with Crippen LogP contribution in [0.2, 0.25) is 0 Å². The molecule has 0 amide bonds. The Morgan fingerprint density at radius 3 is 1.27 bits per heavy atom. The molecular weight excluding hydrogens is 268 g/mol. The summed E-state index contributed by atoms with van der Waals surface area (Å²) in [7, 11) is 0. The van der Waals surface area contributed by atoms with Crippen molar-refractivity contribution in [1.29, 1.82) is 0 Å². The van der Waals surface area contributed by atoms with Crippen LogP contribution in [0.5, 0.6) is 0 Å². The Morgan fingerprint density at radius 2 is 0.955 bits per heavy atom. The van der Waals surface area contributed by atoms with E-state index in [1.807, 2.05) is 0 Å². The highest BCUT2D eigenvalue weighted by atomic mass is 16.1. The van der Waals surface area contributed by atoms with Gasteiger partial charge in [0.15, 0.2) is 5.78 Å². The normalized spacial score (nSPS) is 14.0. The fourth-order valence-corrected chi connectivity index (χ4v) is 3.01. The number of rotatable bonds is 0. The zero-order valence-electron chi connectivity index (χ0n) is 14.4. The zero-order chi connectivity index (χ0) is 16.3. The van der Waals surface area contributed by atoms with Crippen LogP contribution in [0.4, 0.5) is 0 Å². The van der Waals surface area contributed by atoms with Gasteiger partial charge in [-0.2, -0.15) is 0 Å². The summed E-state index contributed by atoms with van der Waals surface area (Å²) in [5.74, 6) is 0.169. The van der Waals surface area contributed by atoms with E-state index in [0.717, 1.165) is 22.3 Å². The molecule has 3 rings (SSSR count). The average molecular weight is 292 g/mol. The first-order chi connectivity index (χ1) is 10.1.